The van der Waals surface area contributed by atoms with Crippen molar-refractivity contribution in [1.29, 1.82) is 0 Å². The minimum Gasteiger partial charge on any atom is -0.378 e. The molecule has 6 aliphatic heterocycles. The highest BCUT2D eigenvalue weighted by molar-refractivity contribution is 5.18. The Morgan fingerprint density at radius 2 is 1.02 bits per heavy atom. The number of nitrogens with one attached hydrogen (secondary N) is 1. The molecule has 0 aliphatic carbocycles. The van der Waals surface area contributed by atoms with Crippen LogP contribution < -0.4 is 5.32 Å². The second-order valence-electron chi connectivity index (χ2n) is 11.7. The average molecular weight is 563 g/mol. The van der Waals surface area contributed by atoms with Gasteiger partial charge in [-0.1, -0.05) is 54.6 Å². The highest BCUT2D eigenvalue weighted by atomic mass is 19.1. The van der Waals surface area contributed by atoms with Crippen LogP contribution in [0.15, 0.2) is 78.9 Å². The van der Waals surface area contributed by atoms with E-state index in [1.54, 1.807) is 12.1 Å². The monoisotopic (exact) mass is 562 g/mol. The Morgan fingerprint density at radius 1 is 0.561 bits per heavy atom. The maximum absolute atomic E-state index is 13.1. The molecular weight excluding hydrogens is 522 g/mol. The first-order valence-corrected chi connectivity index (χ1v) is 14.7. The smallest absolute Gasteiger partial charge is 0.123 e. The van der Waals surface area contributed by atoms with Gasteiger partial charge in [-0.2, -0.15) is 0 Å². The molecule has 218 valence electrons. The van der Waals surface area contributed by atoms with Crippen molar-refractivity contribution in [3.05, 3.63) is 107 Å². The van der Waals surface area contributed by atoms with Crippen LogP contribution in [0.4, 0.5) is 8.78 Å². The lowest BCUT2D eigenvalue weighted by Crippen LogP contribution is -2.57. The van der Waals surface area contributed by atoms with Gasteiger partial charge in [0.25, 0.3) is 0 Å². The molecule has 0 spiro atoms. The van der Waals surface area contributed by atoms with E-state index in [2.05, 4.69) is 50.3 Å². The maximum atomic E-state index is 13.1. The predicted octanol–water partition coefficient (Wildman–Crippen LogP) is 3.91. The normalized spacial score (nSPS) is 26.7. The van der Waals surface area contributed by atoms with Crippen molar-refractivity contribution in [2.24, 2.45) is 0 Å². The summed E-state index contributed by atoms with van der Waals surface area (Å²) < 4.78 is 37.4. The lowest BCUT2D eigenvalue weighted by atomic mass is 10.1. The van der Waals surface area contributed by atoms with Crippen LogP contribution >= 0.6 is 0 Å². The fourth-order valence-electron chi connectivity index (χ4n) is 6.33. The molecule has 6 fully saturated rings. The molecule has 0 radical (unpaired) electrons. The van der Waals surface area contributed by atoms with Crippen molar-refractivity contribution in [1.82, 2.24) is 20.0 Å². The molecule has 3 aromatic rings. The van der Waals surface area contributed by atoms with Crippen LogP contribution in [0.2, 0.25) is 0 Å². The number of nitrogens with zero attached hydrogens (tertiary/aromatic N) is 3. The number of halogens is 2. The van der Waals surface area contributed by atoms with E-state index in [9.17, 15) is 8.78 Å². The SMILES string of the molecule is Fc1ccc(CN2CC3COCC2CN3)cc1.Fc1ccc(CN2CC3COCC2CN3Cc2ccccc2)cc1. The summed E-state index contributed by atoms with van der Waals surface area (Å²) >= 11 is 0. The van der Waals surface area contributed by atoms with Gasteiger partial charge < -0.3 is 14.8 Å². The Morgan fingerprint density at radius 3 is 1.59 bits per heavy atom. The van der Waals surface area contributed by atoms with Gasteiger partial charge in [-0.3, -0.25) is 14.7 Å². The zero-order valence-corrected chi connectivity index (χ0v) is 23.5. The summed E-state index contributed by atoms with van der Waals surface area (Å²) in [6.45, 7) is 9.95. The van der Waals surface area contributed by atoms with Crippen molar-refractivity contribution in [2.45, 2.75) is 43.8 Å². The molecule has 4 unspecified atom stereocenters. The fraction of sp³-hybridized carbons (Fsp3) is 0.455. The molecular formula is C33H40F2N4O2. The summed E-state index contributed by atoms with van der Waals surface area (Å²) in [7, 11) is 0. The van der Waals surface area contributed by atoms with Crippen LogP contribution in [-0.2, 0) is 29.1 Å². The minimum absolute atomic E-state index is 0.170. The zero-order valence-electron chi connectivity index (χ0n) is 23.5. The Balaban J connectivity index is 0.000000156. The van der Waals surface area contributed by atoms with Gasteiger partial charge in [0.05, 0.1) is 26.4 Å². The predicted molar refractivity (Wildman–Crippen MR) is 155 cm³/mol. The van der Waals surface area contributed by atoms with Crippen LogP contribution in [0.25, 0.3) is 0 Å². The first-order valence-electron chi connectivity index (χ1n) is 14.7. The van der Waals surface area contributed by atoms with Crippen molar-refractivity contribution in [3.8, 4) is 0 Å². The van der Waals surface area contributed by atoms with Gasteiger partial charge in [0.2, 0.25) is 0 Å². The maximum Gasteiger partial charge on any atom is 0.123 e. The van der Waals surface area contributed by atoms with Crippen LogP contribution in [0.1, 0.15) is 16.7 Å². The largest absolute Gasteiger partial charge is 0.378 e. The molecule has 41 heavy (non-hydrogen) atoms. The highest BCUT2D eigenvalue weighted by Gasteiger charge is 2.37. The molecule has 1 N–H and O–H groups in total. The lowest BCUT2D eigenvalue weighted by molar-refractivity contribution is 0.0411. The first-order chi connectivity index (χ1) is 20.1. The van der Waals surface area contributed by atoms with Gasteiger partial charge in [0.15, 0.2) is 0 Å². The van der Waals surface area contributed by atoms with E-state index >= 15 is 0 Å². The van der Waals surface area contributed by atoms with Crippen molar-refractivity contribution < 1.29 is 18.3 Å². The van der Waals surface area contributed by atoms with Gasteiger partial charge in [0, 0.05) is 70.0 Å². The Kier molecular flexibility index (Phi) is 9.35. The molecule has 0 saturated carbocycles. The highest BCUT2D eigenvalue weighted by Crippen LogP contribution is 2.24. The van der Waals surface area contributed by atoms with Crippen molar-refractivity contribution >= 4 is 0 Å². The summed E-state index contributed by atoms with van der Waals surface area (Å²) in [4.78, 5) is 7.47. The van der Waals surface area contributed by atoms with E-state index in [4.69, 9.17) is 9.47 Å². The van der Waals surface area contributed by atoms with Crippen LogP contribution in [0.5, 0.6) is 0 Å². The quantitative estimate of drug-likeness (QED) is 0.492. The standard InChI is InChI=1S/C20H23FN2O.C13H17FN2O/c21-18-8-6-17(7-9-18)11-23-13-19-14-24-15-20(23)12-22(19)10-16-4-2-1-3-5-16;14-11-3-1-10(2-4-11)6-16-7-12-8-17-9-13(16)5-15-12/h1-9,19-20H,10-15H2;1-4,12-13,15H,5-9H2. The Bertz CT molecular complexity index is 1230. The molecule has 8 heteroatoms. The number of hydrogen-bond donors (Lipinski definition) is 1. The zero-order chi connectivity index (χ0) is 28.0. The van der Waals surface area contributed by atoms with Gasteiger partial charge in [0.1, 0.15) is 11.6 Å². The van der Waals surface area contributed by atoms with E-state index in [0.717, 1.165) is 72.2 Å². The van der Waals surface area contributed by atoms with Gasteiger partial charge in [-0.05, 0) is 41.0 Å². The molecule has 4 bridgehead atoms. The summed E-state index contributed by atoms with van der Waals surface area (Å²) in [5, 5.41) is 3.48. The van der Waals surface area contributed by atoms with Crippen LogP contribution in [0, 0.1) is 11.6 Å². The van der Waals surface area contributed by atoms with E-state index in [1.807, 2.05) is 24.3 Å². The van der Waals surface area contributed by atoms with Gasteiger partial charge in [-0.15, -0.1) is 0 Å². The van der Waals surface area contributed by atoms with Crippen LogP contribution in [-0.4, -0.2) is 91.5 Å². The summed E-state index contributed by atoms with van der Waals surface area (Å²) in [6, 6.07) is 26.0. The molecule has 0 aromatic heterocycles. The molecule has 9 rings (SSSR count). The number of benzene rings is 3. The van der Waals surface area contributed by atoms with Gasteiger partial charge in [-0.25, -0.2) is 8.78 Å². The topological polar surface area (TPSA) is 40.2 Å². The molecule has 6 saturated heterocycles. The third-order valence-corrected chi connectivity index (χ3v) is 8.61. The number of hydrogen-bond acceptors (Lipinski definition) is 6. The fourth-order valence-corrected chi connectivity index (χ4v) is 6.33. The Labute approximate surface area is 241 Å². The van der Waals surface area contributed by atoms with E-state index in [1.165, 1.54) is 28.8 Å². The second kappa shape index (κ2) is 13.5. The number of ether oxygens (including phenoxy) is 2. The van der Waals surface area contributed by atoms with E-state index < -0.39 is 0 Å². The molecule has 6 heterocycles. The number of rotatable bonds is 6. The summed E-state index contributed by atoms with van der Waals surface area (Å²) in [5.41, 5.74) is 3.69. The minimum atomic E-state index is -0.173. The second-order valence-corrected chi connectivity index (χ2v) is 11.7. The number of piperazine rings is 2. The van der Waals surface area contributed by atoms with E-state index in [-0.39, 0.29) is 11.6 Å². The van der Waals surface area contributed by atoms with Crippen LogP contribution in [0.3, 0.4) is 0 Å². The summed E-state index contributed by atoms with van der Waals surface area (Å²) in [5.74, 6) is -0.343. The first kappa shape index (κ1) is 28.4. The van der Waals surface area contributed by atoms with Gasteiger partial charge >= 0.3 is 0 Å². The van der Waals surface area contributed by atoms with Crippen molar-refractivity contribution in [2.75, 3.05) is 52.6 Å². The molecule has 6 aliphatic rings. The summed E-state index contributed by atoms with van der Waals surface area (Å²) in [6.07, 6.45) is 0. The third-order valence-electron chi connectivity index (χ3n) is 8.61. The average Bonchev–Trinajstić information content (AvgIpc) is 3.50. The lowest BCUT2D eigenvalue weighted by Gasteiger charge is -2.43. The Hall–Kier alpha value is -2.72. The molecule has 6 nitrogen and oxygen atoms in total. The van der Waals surface area contributed by atoms with Crippen molar-refractivity contribution in [3.63, 3.8) is 0 Å². The third kappa shape index (κ3) is 7.57. The molecule has 0 amide bonds. The number of fused-ring (bicyclic) bond motifs is 8. The molecule has 4 atom stereocenters. The van der Waals surface area contributed by atoms with E-state index in [0.29, 0.717) is 24.2 Å². The molecule has 3 aromatic carbocycles.